The predicted molar refractivity (Wildman–Crippen MR) is 97.4 cm³/mol. The third-order valence-corrected chi connectivity index (χ3v) is 5.44. The number of carbonyl (C=O) groups is 1. The van der Waals surface area contributed by atoms with Crippen LogP contribution in [0.2, 0.25) is 5.02 Å². The molecule has 0 fully saturated rings. The summed E-state index contributed by atoms with van der Waals surface area (Å²) in [6.07, 6.45) is 1.64. The number of fused-ring (bicyclic) bond motifs is 1. The van der Waals surface area contributed by atoms with E-state index in [1.165, 1.54) is 0 Å². The molecule has 1 heterocycles. The Bertz CT molecular complexity index is 865. The Morgan fingerprint density at radius 1 is 1.17 bits per heavy atom. The number of allylic oxidation sites excluding steroid dienone is 1. The summed E-state index contributed by atoms with van der Waals surface area (Å²) in [5, 5.41) is 10.3. The topological polar surface area (TPSA) is 46.5 Å². The van der Waals surface area contributed by atoms with Crippen LogP contribution in [-0.4, -0.2) is 10.9 Å². The van der Waals surface area contributed by atoms with Crippen molar-refractivity contribution in [2.45, 2.75) is 13.8 Å². The number of ether oxygens (including phenoxy) is 1. The fraction of sp³-hybridized carbons (Fsp3) is 0.118. The zero-order valence-corrected chi connectivity index (χ0v) is 16.1. The Morgan fingerprint density at radius 2 is 1.78 bits per heavy atom. The lowest BCUT2D eigenvalue weighted by atomic mass is 10.0. The van der Waals surface area contributed by atoms with Crippen LogP contribution in [0.1, 0.15) is 27.0 Å². The summed E-state index contributed by atoms with van der Waals surface area (Å²) in [5.74, 6) is 0.666. The van der Waals surface area contributed by atoms with Crippen molar-refractivity contribution in [2.75, 3.05) is 0 Å². The van der Waals surface area contributed by atoms with Gasteiger partial charge in [0.15, 0.2) is 5.76 Å². The maximum atomic E-state index is 12.6. The molecule has 23 heavy (non-hydrogen) atoms. The van der Waals surface area contributed by atoms with Crippen LogP contribution in [-0.2, 0) is 0 Å². The summed E-state index contributed by atoms with van der Waals surface area (Å²) >= 11 is 12.8. The second-order valence-electron chi connectivity index (χ2n) is 5.28. The SMILES string of the molecule is Cc1cc2c(c(C)c1Cl)C(=O)/C(=C/c1cc(Br)c(O)c(Br)c1)O2. The molecule has 1 aliphatic rings. The van der Waals surface area contributed by atoms with Gasteiger partial charge in [-0.2, -0.15) is 0 Å². The van der Waals surface area contributed by atoms with Gasteiger partial charge in [-0.1, -0.05) is 11.6 Å². The Balaban J connectivity index is 2.07. The minimum absolute atomic E-state index is 0.104. The van der Waals surface area contributed by atoms with E-state index < -0.39 is 0 Å². The molecular weight excluding hydrogens is 447 g/mol. The van der Waals surface area contributed by atoms with Gasteiger partial charge in [-0.25, -0.2) is 0 Å². The quantitative estimate of drug-likeness (QED) is 0.549. The van der Waals surface area contributed by atoms with E-state index in [2.05, 4.69) is 31.9 Å². The molecule has 0 saturated heterocycles. The first-order valence-corrected chi connectivity index (χ1v) is 8.68. The summed E-state index contributed by atoms with van der Waals surface area (Å²) in [5.41, 5.74) is 2.82. The Kier molecular flexibility index (Phi) is 4.29. The highest BCUT2D eigenvalue weighted by Gasteiger charge is 2.31. The van der Waals surface area contributed by atoms with Crippen LogP contribution in [0.4, 0.5) is 0 Å². The van der Waals surface area contributed by atoms with E-state index in [9.17, 15) is 9.90 Å². The van der Waals surface area contributed by atoms with Crippen LogP contribution in [0.5, 0.6) is 11.5 Å². The van der Waals surface area contributed by atoms with Gasteiger partial charge in [0.1, 0.15) is 11.5 Å². The number of benzene rings is 2. The van der Waals surface area contributed by atoms with Gasteiger partial charge in [-0.15, -0.1) is 0 Å². The van der Waals surface area contributed by atoms with Crippen LogP contribution >= 0.6 is 43.5 Å². The number of aryl methyl sites for hydroxylation is 1. The van der Waals surface area contributed by atoms with E-state index in [1.807, 2.05) is 13.8 Å². The van der Waals surface area contributed by atoms with Crippen molar-refractivity contribution in [1.29, 1.82) is 0 Å². The molecule has 0 bridgehead atoms. The maximum Gasteiger partial charge on any atom is 0.232 e. The Labute approximate surface area is 155 Å². The number of hydrogen-bond acceptors (Lipinski definition) is 3. The summed E-state index contributed by atoms with van der Waals surface area (Å²) in [6.45, 7) is 3.69. The molecule has 0 atom stereocenters. The second-order valence-corrected chi connectivity index (χ2v) is 7.37. The number of carbonyl (C=O) groups excluding carboxylic acids is 1. The van der Waals surface area contributed by atoms with Crippen molar-refractivity contribution in [3.05, 3.63) is 60.2 Å². The fourth-order valence-corrected chi connectivity index (χ4v) is 3.86. The van der Waals surface area contributed by atoms with Gasteiger partial charge >= 0.3 is 0 Å². The normalized spacial score (nSPS) is 15.0. The molecular formula is C17H11Br2ClO3. The molecule has 0 aromatic heterocycles. The number of phenols is 1. The molecule has 0 spiro atoms. The molecule has 1 aliphatic heterocycles. The number of phenolic OH excluding ortho intramolecular Hbond substituents is 1. The molecule has 0 aliphatic carbocycles. The molecule has 0 unspecified atom stereocenters. The smallest absolute Gasteiger partial charge is 0.232 e. The third-order valence-electron chi connectivity index (χ3n) is 3.65. The van der Waals surface area contributed by atoms with Crippen LogP contribution in [0.3, 0.4) is 0 Å². The van der Waals surface area contributed by atoms with Crippen molar-refractivity contribution in [1.82, 2.24) is 0 Å². The van der Waals surface area contributed by atoms with Gasteiger partial charge in [-0.05, 0) is 86.7 Å². The Morgan fingerprint density at radius 3 is 2.39 bits per heavy atom. The van der Waals surface area contributed by atoms with E-state index in [4.69, 9.17) is 16.3 Å². The summed E-state index contributed by atoms with van der Waals surface area (Å²) < 4.78 is 6.76. The van der Waals surface area contributed by atoms with Crippen molar-refractivity contribution >= 4 is 55.3 Å². The molecule has 1 N–H and O–H groups in total. The van der Waals surface area contributed by atoms with Gasteiger partial charge in [0.05, 0.1) is 14.5 Å². The van der Waals surface area contributed by atoms with Crippen molar-refractivity contribution in [3.63, 3.8) is 0 Å². The predicted octanol–water partition coefficient (Wildman–Crippen LogP) is 5.80. The highest BCUT2D eigenvalue weighted by Crippen LogP contribution is 2.40. The molecule has 0 saturated carbocycles. The van der Waals surface area contributed by atoms with Crippen molar-refractivity contribution < 1.29 is 14.6 Å². The van der Waals surface area contributed by atoms with Crippen molar-refractivity contribution in [2.24, 2.45) is 0 Å². The van der Waals surface area contributed by atoms with Crippen LogP contribution < -0.4 is 4.74 Å². The minimum atomic E-state index is -0.195. The summed E-state index contributed by atoms with van der Waals surface area (Å²) in [7, 11) is 0. The second kappa shape index (κ2) is 5.96. The van der Waals surface area contributed by atoms with E-state index in [1.54, 1.807) is 24.3 Å². The number of Topliss-reactive ketones (excluding diaryl/α,β-unsaturated/α-hetero) is 1. The lowest BCUT2D eigenvalue weighted by Crippen LogP contribution is -2.00. The van der Waals surface area contributed by atoms with E-state index >= 15 is 0 Å². The van der Waals surface area contributed by atoms with Crippen LogP contribution in [0.15, 0.2) is 32.9 Å². The molecule has 3 nitrogen and oxygen atoms in total. The molecule has 118 valence electrons. The molecule has 2 aromatic carbocycles. The minimum Gasteiger partial charge on any atom is -0.506 e. The third kappa shape index (κ3) is 2.82. The zero-order chi connectivity index (χ0) is 16.9. The average Bonchev–Trinajstić information content (AvgIpc) is 2.78. The highest BCUT2D eigenvalue weighted by molar-refractivity contribution is 9.11. The van der Waals surface area contributed by atoms with Gasteiger partial charge in [0, 0.05) is 5.02 Å². The van der Waals surface area contributed by atoms with Crippen molar-refractivity contribution in [3.8, 4) is 11.5 Å². The summed E-state index contributed by atoms with van der Waals surface area (Å²) in [4.78, 5) is 12.6. The Hall–Kier alpha value is -1.30. The standard InChI is InChI=1S/C17H11Br2ClO3/c1-7-3-12-14(8(2)15(7)20)17(22)13(23-12)6-9-4-10(18)16(21)11(19)5-9/h3-6,21H,1-2H3/b13-6-. The molecule has 0 radical (unpaired) electrons. The van der Waals surface area contributed by atoms with Gasteiger partial charge in [0.25, 0.3) is 0 Å². The van der Waals surface area contributed by atoms with Crippen LogP contribution in [0, 0.1) is 13.8 Å². The number of rotatable bonds is 1. The van der Waals surface area contributed by atoms with E-state index in [-0.39, 0.29) is 17.3 Å². The average molecular weight is 459 g/mol. The maximum absolute atomic E-state index is 12.6. The first kappa shape index (κ1) is 16.6. The molecule has 2 aromatic rings. The van der Waals surface area contributed by atoms with Gasteiger partial charge in [-0.3, -0.25) is 4.79 Å². The number of ketones is 1. The zero-order valence-electron chi connectivity index (χ0n) is 12.2. The number of hydrogen-bond donors (Lipinski definition) is 1. The lowest BCUT2D eigenvalue weighted by molar-refractivity contribution is 0.101. The van der Waals surface area contributed by atoms with E-state index in [0.717, 1.165) is 16.7 Å². The first-order valence-electron chi connectivity index (χ1n) is 6.71. The fourth-order valence-electron chi connectivity index (χ4n) is 2.49. The summed E-state index contributed by atoms with van der Waals surface area (Å²) in [6, 6.07) is 5.18. The monoisotopic (exact) mass is 456 g/mol. The molecule has 3 rings (SSSR count). The van der Waals surface area contributed by atoms with E-state index in [0.29, 0.717) is 25.3 Å². The van der Waals surface area contributed by atoms with Gasteiger partial charge < -0.3 is 9.84 Å². The van der Waals surface area contributed by atoms with Gasteiger partial charge in [0.2, 0.25) is 5.78 Å². The first-order chi connectivity index (χ1) is 10.8. The highest BCUT2D eigenvalue weighted by atomic mass is 79.9. The van der Waals surface area contributed by atoms with Crippen LogP contribution in [0.25, 0.3) is 6.08 Å². The number of halogens is 3. The molecule has 0 amide bonds. The largest absolute Gasteiger partial charge is 0.506 e. The molecule has 6 heteroatoms. The number of aromatic hydroxyl groups is 1. The lowest BCUT2D eigenvalue weighted by Gasteiger charge is -2.06.